The second-order valence-corrected chi connectivity index (χ2v) is 5.46. The number of carbonyl (C=O) groups excluding carboxylic acids is 2. The van der Waals surface area contributed by atoms with Crippen molar-refractivity contribution in [1.29, 1.82) is 0 Å². The number of ether oxygens (including phenoxy) is 2. The molecule has 0 saturated heterocycles. The maximum Gasteiger partial charge on any atom is 0.414 e. The van der Waals surface area contributed by atoms with Crippen molar-refractivity contribution in [3.05, 3.63) is 11.3 Å². The molecule has 0 aliphatic carbocycles. The van der Waals surface area contributed by atoms with Crippen molar-refractivity contribution < 1.29 is 19.1 Å². The zero-order valence-corrected chi connectivity index (χ0v) is 11.9. The van der Waals surface area contributed by atoms with Gasteiger partial charge in [-0.25, -0.2) is 9.59 Å². The Morgan fingerprint density at radius 3 is 2.33 bits per heavy atom. The van der Waals surface area contributed by atoms with Crippen LogP contribution in [0.25, 0.3) is 0 Å². The maximum absolute atomic E-state index is 12.1. The molecule has 5 nitrogen and oxygen atoms in total. The molecule has 0 unspecified atom stereocenters. The SMILES string of the molecule is COC(=O)C1=C(C)N(C(=O)OC(C)(C)C)[C@H](C)C1. The van der Waals surface area contributed by atoms with Crippen LogP contribution in [-0.4, -0.2) is 35.7 Å². The molecule has 1 aliphatic heterocycles. The number of methoxy groups -OCH3 is 1. The second kappa shape index (κ2) is 5.00. The van der Waals surface area contributed by atoms with Crippen LogP contribution in [0.3, 0.4) is 0 Å². The van der Waals surface area contributed by atoms with Gasteiger partial charge in [0, 0.05) is 18.2 Å². The molecule has 18 heavy (non-hydrogen) atoms. The number of amides is 1. The Morgan fingerprint density at radius 1 is 1.33 bits per heavy atom. The van der Waals surface area contributed by atoms with Gasteiger partial charge < -0.3 is 9.47 Å². The summed E-state index contributed by atoms with van der Waals surface area (Å²) in [5.41, 5.74) is 0.602. The van der Waals surface area contributed by atoms with E-state index in [-0.39, 0.29) is 12.0 Å². The van der Waals surface area contributed by atoms with Gasteiger partial charge in [-0.1, -0.05) is 0 Å². The minimum absolute atomic E-state index is 0.0889. The molecule has 1 atom stereocenters. The lowest BCUT2D eigenvalue weighted by Gasteiger charge is -2.28. The van der Waals surface area contributed by atoms with Crippen LogP contribution in [0.2, 0.25) is 0 Å². The summed E-state index contributed by atoms with van der Waals surface area (Å²) in [6.07, 6.45) is 0.0731. The Balaban J connectivity index is 2.93. The zero-order chi connectivity index (χ0) is 14.1. The van der Waals surface area contributed by atoms with Gasteiger partial charge in [-0.2, -0.15) is 0 Å². The zero-order valence-electron chi connectivity index (χ0n) is 11.9. The summed E-state index contributed by atoms with van der Waals surface area (Å²) < 4.78 is 10.0. The van der Waals surface area contributed by atoms with Gasteiger partial charge >= 0.3 is 12.1 Å². The first kappa shape index (κ1) is 14.5. The summed E-state index contributed by atoms with van der Waals surface area (Å²) >= 11 is 0. The smallest absolute Gasteiger partial charge is 0.414 e. The van der Waals surface area contributed by atoms with Crippen molar-refractivity contribution in [2.75, 3.05) is 7.11 Å². The Morgan fingerprint density at radius 2 is 1.89 bits per heavy atom. The first-order valence-electron chi connectivity index (χ1n) is 5.97. The number of allylic oxidation sites excluding steroid dienone is 1. The molecular formula is C13H21NO4. The van der Waals surface area contributed by atoms with E-state index < -0.39 is 11.7 Å². The third-order valence-electron chi connectivity index (χ3n) is 2.76. The Kier molecular flexibility index (Phi) is 4.04. The van der Waals surface area contributed by atoms with Crippen molar-refractivity contribution in [1.82, 2.24) is 4.90 Å². The first-order chi connectivity index (χ1) is 8.17. The molecule has 1 heterocycles. The van der Waals surface area contributed by atoms with Crippen molar-refractivity contribution in [3.8, 4) is 0 Å². The highest BCUT2D eigenvalue weighted by molar-refractivity contribution is 5.91. The standard InChI is InChI=1S/C13H21NO4/c1-8-7-10(11(15)17-6)9(2)14(8)12(16)18-13(3,4)5/h8H,7H2,1-6H3/t8-/m1/s1. The van der Waals surface area contributed by atoms with E-state index in [0.717, 1.165) is 0 Å². The van der Waals surface area contributed by atoms with Gasteiger partial charge in [0.2, 0.25) is 0 Å². The monoisotopic (exact) mass is 255 g/mol. The molecular weight excluding hydrogens is 234 g/mol. The van der Waals surface area contributed by atoms with Crippen LogP contribution in [0.4, 0.5) is 4.79 Å². The molecule has 0 aromatic heterocycles. The van der Waals surface area contributed by atoms with Crippen molar-refractivity contribution in [2.24, 2.45) is 0 Å². The number of hydrogen-bond acceptors (Lipinski definition) is 4. The minimum atomic E-state index is -0.550. The highest BCUT2D eigenvalue weighted by Gasteiger charge is 2.36. The molecule has 1 amide bonds. The number of nitrogens with zero attached hydrogens (tertiary/aromatic N) is 1. The van der Waals surface area contributed by atoms with Gasteiger partial charge in [0.05, 0.1) is 12.7 Å². The van der Waals surface area contributed by atoms with Crippen LogP contribution in [0.15, 0.2) is 11.3 Å². The van der Waals surface area contributed by atoms with E-state index in [0.29, 0.717) is 17.7 Å². The molecule has 1 rings (SSSR count). The Hall–Kier alpha value is -1.52. The lowest BCUT2D eigenvalue weighted by Crippen LogP contribution is -2.38. The summed E-state index contributed by atoms with van der Waals surface area (Å²) in [6, 6.07) is -0.0889. The number of rotatable bonds is 1. The van der Waals surface area contributed by atoms with E-state index in [1.165, 1.54) is 12.0 Å². The predicted octanol–water partition coefficient (Wildman–Crippen LogP) is 2.46. The number of carbonyl (C=O) groups is 2. The summed E-state index contributed by atoms with van der Waals surface area (Å²) in [7, 11) is 1.34. The van der Waals surface area contributed by atoms with E-state index in [4.69, 9.17) is 9.47 Å². The van der Waals surface area contributed by atoms with Crippen LogP contribution in [0.1, 0.15) is 41.0 Å². The van der Waals surface area contributed by atoms with E-state index >= 15 is 0 Å². The number of hydrogen-bond donors (Lipinski definition) is 0. The predicted molar refractivity (Wildman–Crippen MR) is 66.9 cm³/mol. The van der Waals surface area contributed by atoms with Gasteiger partial charge in [0.1, 0.15) is 5.60 Å². The Labute approximate surface area is 108 Å². The molecule has 0 bridgehead atoms. The largest absolute Gasteiger partial charge is 0.466 e. The van der Waals surface area contributed by atoms with Crippen molar-refractivity contribution in [3.63, 3.8) is 0 Å². The molecule has 0 aromatic carbocycles. The summed E-state index contributed by atoms with van der Waals surface area (Å²) in [5, 5.41) is 0. The molecule has 0 saturated carbocycles. The molecule has 102 valence electrons. The highest BCUT2D eigenvalue weighted by Crippen LogP contribution is 2.30. The number of esters is 1. The first-order valence-corrected chi connectivity index (χ1v) is 5.97. The average Bonchev–Trinajstić information content (AvgIpc) is 2.50. The van der Waals surface area contributed by atoms with E-state index in [1.54, 1.807) is 6.92 Å². The second-order valence-electron chi connectivity index (χ2n) is 5.46. The van der Waals surface area contributed by atoms with Crippen LogP contribution in [0.5, 0.6) is 0 Å². The molecule has 1 aliphatic rings. The van der Waals surface area contributed by atoms with Gasteiger partial charge in [0.25, 0.3) is 0 Å². The lowest BCUT2D eigenvalue weighted by molar-refractivity contribution is -0.136. The third-order valence-corrected chi connectivity index (χ3v) is 2.76. The summed E-state index contributed by atoms with van der Waals surface area (Å²) in [6.45, 7) is 9.05. The fourth-order valence-corrected chi connectivity index (χ4v) is 1.99. The fourth-order valence-electron chi connectivity index (χ4n) is 1.99. The highest BCUT2D eigenvalue weighted by atomic mass is 16.6. The molecule has 5 heteroatoms. The van der Waals surface area contributed by atoms with Crippen LogP contribution < -0.4 is 0 Å². The van der Waals surface area contributed by atoms with Gasteiger partial charge in [-0.3, -0.25) is 4.90 Å². The maximum atomic E-state index is 12.1. The molecule has 0 radical (unpaired) electrons. The summed E-state index contributed by atoms with van der Waals surface area (Å²) in [5.74, 6) is -0.384. The molecule has 0 N–H and O–H groups in total. The molecule has 0 aromatic rings. The van der Waals surface area contributed by atoms with Crippen LogP contribution in [-0.2, 0) is 14.3 Å². The summed E-state index contributed by atoms with van der Waals surface area (Å²) in [4.78, 5) is 25.1. The van der Waals surface area contributed by atoms with Gasteiger partial charge in [0.15, 0.2) is 0 Å². The van der Waals surface area contributed by atoms with Gasteiger partial charge in [-0.05, 0) is 34.6 Å². The van der Waals surface area contributed by atoms with Crippen LogP contribution in [0, 0.1) is 0 Å². The Bertz CT molecular complexity index is 392. The minimum Gasteiger partial charge on any atom is -0.466 e. The molecule has 0 spiro atoms. The fraction of sp³-hybridized carbons (Fsp3) is 0.692. The average molecular weight is 255 g/mol. The van der Waals surface area contributed by atoms with Gasteiger partial charge in [-0.15, -0.1) is 0 Å². The normalized spacial score (nSPS) is 20.1. The van der Waals surface area contributed by atoms with E-state index in [1.807, 2.05) is 27.7 Å². The van der Waals surface area contributed by atoms with Crippen molar-refractivity contribution >= 4 is 12.1 Å². The topological polar surface area (TPSA) is 55.8 Å². The third kappa shape index (κ3) is 3.03. The van der Waals surface area contributed by atoms with E-state index in [9.17, 15) is 9.59 Å². The van der Waals surface area contributed by atoms with E-state index in [2.05, 4.69) is 0 Å². The molecule has 0 fully saturated rings. The van der Waals surface area contributed by atoms with Crippen LogP contribution >= 0.6 is 0 Å². The lowest BCUT2D eigenvalue weighted by atomic mass is 10.1. The quantitative estimate of drug-likeness (QED) is 0.675. The van der Waals surface area contributed by atoms with Crippen molar-refractivity contribution in [2.45, 2.75) is 52.7 Å².